The summed E-state index contributed by atoms with van der Waals surface area (Å²) in [6.07, 6.45) is 9.20. The molecule has 2 atom stereocenters. The topological polar surface area (TPSA) is 16.4 Å². The van der Waals surface area contributed by atoms with E-state index in [9.17, 15) is 0 Å². The minimum atomic E-state index is 0.0789. The highest BCUT2D eigenvalue weighted by Crippen LogP contribution is 2.53. The van der Waals surface area contributed by atoms with Crippen LogP contribution in [-0.2, 0) is 5.41 Å². The molecule has 0 N–H and O–H groups in total. The number of anilines is 3. The fourth-order valence-electron chi connectivity index (χ4n) is 9.50. The molecule has 2 heteroatoms. The maximum atomic E-state index is 6.26. The van der Waals surface area contributed by atoms with E-state index in [1.807, 2.05) is 12.1 Å². The lowest BCUT2D eigenvalue weighted by Gasteiger charge is -2.29. The van der Waals surface area contributed by atoms with Gasteiger partial charge in [0.1, 0.15) is 11.2 Å². The zero-order valence-corrected chi connectivity index (χ0v) is 29.8. The molecule has 2 unspecified atom stereocenters. The first-order chi connectivity index (χ1) is 26.0. The third-order valence-corrected chi connectivity index (χ3v) is 12.1. The van der Waals surface area contributed by atoms with Gasteiger partial charge < -0.3 is 9.32 Å². The van der Waals surface area contributed by atoms with Gasteiger partial charge in [0.2, 0.25) is 0 Å². The van der Waals surface area contributed by atoms with Crippen molar-refractivity contribution in [3.63, 3.8) is 0 Å². The van der Waals surface area contributed by atoms with Crippen molar-refractivity contribution < 1.29 is 4.42 Å². The highest BCUT2D eigenvalue weighted by molar-refractivity contribution is 6.25. The third-order valence-electron chi connectivity index (χ3n) is 12.1. The molecule has 9 aromatic rings. The monoisotopic (exact) mass is 679 g/mol. The molecule has 2 nitrogen and oxygen atoms in total. The standard InChI is InChI=1S/C51H37NO/c1-51(2)47-17-9-7-15-42(47)43-26-21-33(29-48(43)51)32-19-22-34(23-20-32)52(36-25-28-50-46(31-36)44-16-8-10-18-49(44)53-50)35-24-27-41-39-13-4-3-11-37(39)38-12-5-6-14-40(38)45(41)30-35/h3-31,42,47H,1-2H3. The second-order valence-electron chi connectivity index (χ2n) is 15.3. The minimum Gasteiger partial charge on any atom is -0.456 e. The summed E-state index contributed by atoms with van der Waals surface area (Å²) >= 11 is 0. The van der Waals surface area contributed by atoms with Crippen molar-refractivity contribution in [2.45, 2.75) is 25.2 Å². The number of allylic oxidation sites excluding steroid dienone is 4. The van der Waals surface area contributed by atoms with Crippen LogP contribution < -0.4 is 4.90 Å². The molecule has 0 spiro atoms. The van der Waals surface area contributed by atoms with Crippen LogP contribution in [-0.4, -0.2) is 0 Å². The number of para-hydroxylation sites is 1. The van der Waals surface area contributed by atoms with E-state index >= 15 is 0 Å². The van der Waals surface area contributed by atoms with Gasteiger partial charge in [-0.15, -0.1) is 0 Å². The van der Waals surface area contributed by atoms with E-state index < -0.39 is 0 Å². The fourth-order valence-corrected chi connectivity index (χ4v) is 9.50. The zero-order valence-electron chi connectivity index (χ0n) is 29.8. The smallest absolute Gasteiger partial charge is 0.135 e. The maximum Gasteiger partial charge on any atom is 0.135 e. The van der Waals surface area contributed by atoms with E-state index in [-0.39, 0.29) is 5.41 Å². The molecule has 2 aliphatic rings. The average molecular weight is 680 g/mol. The summed E-state index contributed by atoms with van der Waals surface area (Å²) < 4.78 is 6.26. The normalized spacial score (nSPS) is 17.2. The fraction of sp³-hybridized carbons (Fsp3) is 0.0980. The molecule has 0 fully saturated rings. The second kappa shape index (κ2) is 11.3. The van der Waals surface area contributed by atoms with Gasteiger partial charge in [-0.25, -0.2) is 0 Å². The highest BCUT2D eigenvalue weighted by atomic mass is 16.3. The summed E-state index contributed by atoms with van der Waals surface area (Å²) in [5.74, 6) is 0.951. The number of rotatable bonds is 4. The molecule has 0 bridgehead atoms. The van der Waals surface area contributed by atoms with E-state index in [0.29, 0.717) is 11.8 Å². The van der Waals surface area contributed by atoms with E-state index in [4.69, 9.17) is 4.42 Å². The van der Waals surface area contributed by atoms with Gasteiger partial charge >= 0.3 is 0 Å². The number of hydrogen-bond donors (Lipinski definition) is 0. The molecule has 2 aliphatic carbocycles. The summed E-state index contributed by atoms with van der Waals surface area (Å²) in [5, 5.41) is 9.86. The van der Waals surface area contributed by atoms with Gasteiger partial charge in [0, 0.05) is 33.8 Å². The van der Waals surface area contributed by atoms with Crippen molar-refractivity contribution in [2.75, 3.05) is 4.90 Å². The summed E-state index contributed by atoms with van der Waals surface area (Å²) in [4.78, 5) is 2.39. The van der Waals surface area contributed by atoms with Gasteiger partial charge in [0.25, 0.3) is 0 Å². The van der Waals surface area contributed by atoms with Crippen molar-refractivity contribution in [1.29, 1.82) is 0 Å². The molecular formula is C51H37NO. The van der Waals surface area contributed by atoms with Crippen LogP contribution in [0.15, 0.2) is 180 Å². The Balaban J connectivity index is 1.08. The number of furan rings is 1. The lowest BCUT2D eigenvalue weighted by Crippen LogP contribution is -2.24. The molecule has 0 aliphatic heterocycles. The van der Waals surface area contributed by atoms with Crippen molar-refractivity contribution >= 4 is 71.3 Å². The zero-order chi connectivity index (χ0) is 35.3. The first-order valence-electron chi connectivity index (χ1n) is 18.7. The highest BCUT2D eigenvalue weighted by Gasteiger charge is 2.44. The Morgan fingerprint density at radius 1 is 0.453 bits per heavy atom. The average Bonchev–Trinajstić information content (AvgIpc) is 3.69. The van der Waals surface area contributed by atoms with Crippen LogP contribution in [0.1, 0.15) is 30.9 Å². The van der Waals surface area contributed by atoms with Crippen LogP contribution in [0.3, 0.4) is 0 Å². The Bertz CT molecular complexity index is 2960. The number of hydrogen-bond acceptors (Lipinski definition) is 2. The number of nitrogens with zero attached hydrogens (tertiary/aromatic N) is 1. The molecule has 252 valence electrons. The van der Waals surface area contributed by atoms with E-state index in [1.54, 1.807) is 0 Å². The van der Waals surface area contributed by atoms with E-state index in [2.05, 4.69) is 183 Å². The molecule has 0 amide bonds. The van der Waals surface area contributed by atoms with Crippen LogP contribution in [0.5, 0.6) is 0 Å². The minimum absolute atomic E-state index is 0.0789. The number of fused-ring (bicyclic) bond motifs is 12. The molecule has 0 saturated carbocycles. The van der Waals surface area contributed by atoms with Gasteiger partial charge in [0.05, 0.1) is 0 Å². The first-order valence-corrected chi connectivity index (χ1v) is 18.7. The van der Waals surface area contributed by atoms with Crippen LogP contribution in [0.2, 0.25) is 0 Å². The molecule has 11 rings (SSSR count). The Kier molecular flexibility index (Phi) is 6.46. The third kappa shape index (κ3) is 4.52. The van der Waals surface area contributed by atoms with Crippen molar-refractivity contribution in [2.24, 2.45) is 5.92 Å². The summed E-state index contributed by atoms with van der Waals surface area (Å²) in [6.45, 7) is 4.81. The largest absolute Gasteiger partial charge is 0.456 e. The van der Waals surface area contributed by atoms with Gasteiger partial charge in [-0.1, -0.05) is 141 Å². The molecule has 53 heavy (non-hydrogen) atoms. The Labute approximate surface area is 308 Å². The number of benzene rings is 8. The molecular weight excluding hydrogens is 643 g/mol. The molecule has 1 aromatic heterocycles. The van der Waals surface area contributed by atoms with Gasteiger partial charge in [-0.3, -0.25) is 0 Å². The molecule has 8 aromatic carbocycles. The second-order valence-corrected chi connectivity index (χ2v) is 15.3. The van der Waals surface area contributed by atoms with Crippen LogP contribution in [0.25, 0.3) is 65.4 Å². The quantitative estimate of drug-likeness (QED) is 0.172. The summed E-state index contributed by atoms with van der Waals surface area (Å²) in [5.41, 5.74) is 10.6. The lowest BCUT2D eigenvalue weighted by atomic mass is 9.74. The Morgan fingerprint density at radius 3 is 1.74 bits per heavy atom. The van der Waals surface area contributed by atoms with E-state index in [0.717, 1.165) is 39.0 Å². The predicted octanol–water partition coefficient (Wildman–Crippen LogP) is 14.3. The predicted molar refractivity (Wildman–Crippen MR) is 224 cm³/mol. The molecule has 1 heterocycles. The molecule has 0 saturated heterocycles. The van der Waals surface area contributed by atoms with Crippen LogP contribution in [0.4, 0.5) is 17.1 Å². The van der Waals surface area contributed by atoms with Gasteiger partial charge in [0.15, 0.2) is 0 Å². The SMILES string of the molecule is CC1(C)c2cc(-c3ccc(N(c4ccc5oc6ccccc6c5c4)c4ccc5c6ccccc6c6ccccc6c5c4)cc3)ccc2C2C=CC=CC21. The Morgan fingerprint density at radius 2 is 1.00 bits per heavy atom. The van der Waals surface area contributed by atoms with Crippen molar-refractivity contribution in [3.8, 4) is 11.1 Å². The summed E-state index contributed by atoms with van der Waals surface area (Å²) in [6, 6.07) is 55.7. The van der Waals surface area contributed by atoms with E-state index in [1.165, 1.54) is 54.6 Å². The lowest BCUT2D eigenvalue weighted by molar-refractivity contribution is 0.394. The van der Waals surface area contributed by atoms with Gasteiger partial charge in [-0.2, -0.15) is 0 Å². The molecule has 0 radical (unpaired) electrons. The van der Waals surface area contributed by atoms with Crippen molar-refractivity contribution in [3.05, 3.63) is 187 Å². The summed E-state index contributed by atoms with van der Waals surface area (Å²) in [7, 11) is 0. The Hall–Kier alpha value is -6.38. The first kappa shape index (κ1) is 30.3. The van der Waals surface area contributed by atoms with Crippen molar-refractivity contribution in [1.82, 2.24) is 0 Å². The van der Waals surface area contributed by atoms with Gasteiger partial charge in [-0.05, 0) is 114 Å². The maximum absolute atomic E-state index is 6.26. The van der Waals surface area contributed by atoms with Crippen LogP contribution >= 0.6 is 0 Å². The van der Waals surface area contributed by atoms with Crippen LogP contribution in [0, 0.1) is 5.92 Å².